The first-order valence-corrected chi connectivity index (χ1v) is 8.26. The minimum Gasteiger partial charge on any atom is -0.493 e. The zero-order valence-electron chi connectivity index (χ0n) is 14.5. The molecule has 0 saturated carbocycles. The van der Waals surface area contributed by atoms with Crippen LogP contribution in [-0.2, 0) is 4.79 Å². The molecule has 0 radical (unpaired) electrons. The van der Waals surface area contributed by atoms with Crippen LogP contribution in [-0.4, -0.2) is 37.8 Å². The molecule has 0 spiro atoms. The summed E-state index contributed by atoms with van der Waals surface area (Å²) in [4.78, 5) is 16.1. The number of amides is 1. The summed E-state index contributed by atoms with van der Waals surface area (Å²) < 4.78 is 16.3. The molecule has 1 N–H and O–H groups in total. The largest absolute Gasteiger partial charge is 0.493 e. The maximum Gasteiger partial charge on any atom is 0.258 e. The van der Waals surface area contributed by atoms with Crippen LogP contribution in [0.2, 0.25) is 0 Å². The third-order valence-corrected chi connectivity index (χ3v) is 3.70. The molecule has 1 amide bonds. The van der Waals surface area contributed by atoms with Crippen LogP contribution in [0.3, 0.4) is 0 Å². The van der Waals surface area contributed by atoms with Crippen LogP contribution in [0.25, 0.3) is 10.9 Å². The summed E-state index contributed by atoms with van der Waals surface area (Å²) >= 11 is 0. The van der Waals surface area contributed by atoms with Gasteiger partial charge in [0.1, 0.15) is 12.4 Å². The highest BCUT2D eigenvalue weighted by Gasteiger charge is 2.06. The number of benzene rings is 2. The van der Waals surface area contributed by atoms with Gasteiger partial charge in [-0.15, -0.1) is 0 Å². The predicted molar refractivity (Wildman–Crippen MR) is 98.7 cm³/mol. The average molecular weight is 352 g/mol. The molecule has 0 fully saturated rings. The van der Waals surface area contributed by atoms with Gasteiger partial charge in [0.15, 0.2) is 18.1 Å². The number of pyridine rings is 1. The number of para-hydroxylation sites is 2. The van der Waals surface area contributed by atoms with Gasteiger partial charge in [-0.2, -0.15) is 0 Å². The summed E-state index contributed by atoms with van der Waals surface area (Å²) in [5.41, 5.74) is 0.918. The molecule has 1 heterocycles. The number of methoxy groups -OCH3 is 1. The Hall–Kier alpha value is -3.28. The fourth-order valence-corrected chi connectivity index (χ4v) is 2.44. The molecule has 0 unspecified atom stereocenters. The Morgan fingerprint density at radius 2 is 1.88 bits per heavy atom. The molecule has 0 saturated heterocycles. The van der Waals surface area contributed by atoms with Crippen molar-refractivity contribution in [2.45, 2.75) is 0 Å². The molecule has 0 bridgehead atoms. The van der Waals surface area contributed by atoms with Gasteiger partial charge in [0.2, 0.25) is 0 Å². The SMILES string of the molecule is COc1ccccc1OCC(=O)NCCOc1ccc2ncccc2c1. The first-order chi connectivity index (χ1) is 12.8. The Morgan fingerprint density at radius 1 is 1.04 bits per heavy atom. The maximum atomic E-state index is 11.9. The molecule has 1 aromatic heterocycles. The minimum atomic E-state index is -0.220. The fraction of sp³-hybridized carbons (Fsp3) is 0.200. The highest BCUT2D eigenvalue weighted by atomic mass is 16.5. The number of ether oxygens (including phenoxy) is 3. The zero-order valence-corrected chi connectivity index (χ0v) is 14.5. The fourth-order valence-electron chi connectivity index (χ4n) is 2.44. The Balaban J connectivity index is 1.40. The number of hydrogen-bond acceptors (Lipinski definition) is 5. The minimum absolute atomic E-state index is 0.0813. The van der Waals surface area contributed by atoms with Crippen LogP contribution in [0.15, 0.2) is 60.8 Å². The van der Waals surface area contributed by atoms with Crippen LogP contribution < -0.4 is 19.5 Å². The highest BCUT2D eigenvalue weighted by Crippen LogP contribution is 2.25. The van der Waals surface area contributed by atoms with Crippen molar-refractivity contribution in [2.24, 2.45) is 0 Å². The zero-order chi connectivity index (χ0) is 18.2. The Labute approximate surface area is 151 Å². The van der Waals surface area contributed by atoms with E-state index < -0.39 is 0 Å². The number of nitrogens with zero attached hydrogens (tertiary/aromatic N) is 1. The van der Waals surface area contributed by atoms with Crippen molar-refractivity contribution in [3.05, 3.63) is 60.8 Å². The summed E-state index contributed by atoms with van der Waals surface area (Å²) in [6.07, 6.45) is 1.76. The van der Waals surface area contributed by atoms with Crippen molar-refractivity contribution in [1.82, 2.24) is 10.3 Å². The lowest BCUT2D eigenvalue weighted by Crippen LogP contribution is -2.32. The number of rotatable bonds is 8. The molecular formula is C20H20N2O4. The van der Waals surface area contributed by atoms with Crippen LogP contribution >= 0.6 is 0 Å². The van der Waals surface area contributed by atoms with E-state index in [1.54, 1.807) is 25.4 Å². The lowest BCUT2D eigenvalue weighted by atomic mass is 10.2. The van der Waals surface area contributed by atoms with E-state index in [2.05, 4.69) is 10.3 Å². The molecule has 6 heteroatoms. The smallest absolute Gasteiger partial charge is 0.258 e. The van der Waals surface area contributed by atoms with Crippen LogP contribution in [0.4, 0.5) is 0 Å². The standard InChI is InChI=1S/C20H20N2O4/c1-24-18-6-2-3-7-19(18)26-14-20(23)22-11-12-25-16-8-9-17-15(13-16)5-4-10-21-17/h2-10,13H,11-12,14H2,1H3,(H,22,23). The number of fused-ring (bicyclic) bond motifs is 1. The summed E-state index contributed by atoms with van der Waals surface area (Å²) in [5, 5.41) is 3.77. The van der Waals surface area contributed by atoms with Crippen molar-refractivity contribution in [3.8, 4) is 17.2 Å². The molecule has 2 aromatic carbocycles. The van der Waals surface area contributed by atoms with Crippen molar-refractivity contribution in [3.63, 3.8) is 0 Å². The molecule has 0 atom stereocenters. The molecule has 6 nitrogen and oxygen atoms in total. The first-order valence-electron chi connectivity index (χ1n) is 8.26. The van der Waals surface area contributed by atoms with Crippen molar-refractivity contribution in [2.75, 3.05) is 26.9 Å². The number of aromatic nitrogens is 1. The third kappa shape index (κ3) is 4.63. The number of hydrogen-bond donors (Lipinski definition) is 1. The second kappa shape index (κ2) is 8.71. The molecule has 26 heavy (non-hydrogen) atoms. The van der Waals surface area contributed by atoms with E-state index in [0.717, 1.165) is 16.7 Å². The van der Waals surface area contributed by atoms with Gasteiger partial charge in [-0.25, -0.2) is 0 Å². The van der Waals surface area contributed by atoms with E-state index in [-0.39, 0.29) is 12.5 Å². The van der Waals surface area contributed by atoms with Crippen molar-refractivity contribution in [1.29, 1.82) is 0 Å². The summed E-state index contributed by atoms with van der Waals surface area (Å²) in [6, 6.07) is 16.8. The van der Waals surface area contributed by atoms with Gasteiger partial charge in [0.25, 0.3) is 5.91 Å². The van der Waals surface area contributed by atoms with E-state index in [9.17, 15) is 4.79 Å². The van der Waals surface area contributed by atoms with Gasteiger partial charge in [-0.1, -0.05) is 18.2 Å². The molecule has 3 rings (SSSR count). The first kappa shape index (κ1) is 17.5. The lowest BCUT2D eigenvalue weighted by Gasteiger charge is -2.11. The monoisotopic (exact) mass is 352 g/mol. The van der Waals surface area contributed by atoms with Gasteiger partial charge in [-0.05, 0) is 36.4 Å². The van der Waals surface area contributed by atoms with Crippen LogP contribution in [0.1, 0.15) is 0 Å². The normalized spacial score (nSPS) is 10.3. The molecule has 0 aliphatic rings. The van der Waals surface area contributed by atoms with E-state index in [1.165, 1.54) is 0 Å². The van der Waals surface area contributed by atoms with Crippen LogP contribution in [0.5, 0.6) is 17.2 Å². The number of nitrogens with one attached hydrogen (secondary N) is 1. The van der Waals surface area contributed by atoms with Crippen LogP contribution in [0, 0.1) is 0 Å². The molecule has 0 aliphatic carbocycles. The lowest BCUT2D eigenvalue weighted by molar-refractivity contribution is -0.123. The highest BCUT2D eigenvalue weighted by molar-refractivity contribution is 5.79. The Kier molecular flexibility index (Phi) is 5.88. The molecular weight excluding hydrogens is 332 g/mol. The molecule has 0 aliphatic heterocycles. The van der Waals surface area contributed by atoms with E-state index in [4.69, 9.17) is 14.2 Å². The number of carbonyl (C=O) groups is 1. The molecule has 3 aromatic rings. The quantitative estimate of drug-likeness (QED) is 0.631. The van der Waals surface area contributed by atoms with Gasteiger partial charge >= 0.3 is 0 Å². The second-order valence-electron chi connectivity index (χ2n) is 5.50. The average Bonchev–Trinajstić information content (AvgIpc) is 2.69. The van der Waals surface area contributed by atoms with Crippen molar-refractivity contribution >= 4 is 16.8 Å². The topological polar surface area (TPSA) is 69.7 Å². The van der Waals surface area contributed by atoms with Gasteiger partial charge in [-0.3, -0.25) is 9.78 Å². The summed E-state index contributed by atoms with van der Waals surface area (Å²) in [5.74, 6) is 1.65. The predicted octanol–water partition coefficient (Wildman–Crippen LogP) is 2.82. The summed E-state index contributed by atoms with van der Waals surface area (Å²) in [7, 11) is 1.56. The van der Waals surface area contributed by atoms with Gasteiger partial charge in [0, 0.05) is 11.6 Å². The Morgan fingerprint density at radius 3 is 2.73 bits per heavy atom. The number of carbonyl (C=O) groups excluding carboxylic acids is 1. The van der Waals surface area contributed by atoms with Gasteiger partial charge in [0.05, 0.1) is 19.2 Å². The van der Waals surface area contributed by atoms with E-state index in [0.29, 0.717) is 24.7 Å². The van der Waals surface area contributed by atoms with E-state index >= 15 is 0 Å². The van der Waals surface area contributed by atoms with E-state index in [1.807, 2.05) is 42.5 Å². The van der Waals surface area contributed by atoms with Gasteiger partial charge < -0.3 is 19.5 Å². The summed E-state index contributed by atoms with van der Waals surface area (Å²) in [6.45, 7) is 0.674. The Bertz CT molecular complexity index is 882. The third-order valence-electron chi connectivity index (χ3n) is 3.70. The molecule has 134 valence electrons. The maximum absolute atomic E-state index is 11.9. The second-order valence-corrected chi connectivity index (χ2v) is 5.50. The van der Waals surface area contributed by atoms with Crippen molar-refractivity contribution < 1.29 is 19.0 Å².